The third-order valence-corrected chi connectivity index (χ3v) is 7.00. The van der Waals surface area contributed by atoms with E-state index < -0.39 is 0 Å². The van der Waals surface area contributed by atoms with E-state index >= 15 is 0 Å². The second-order valence-corrected chi connectivity index (χ2v) is 8.68. The normalized spacial score (nSPS) is 40.5. The van der Waals surface area contributed by atoms with Crippen LogP contribution >= 0.6 is 0 Å². The van der Waals surface area contributed by atoms with E-state index in [2.05, 4.69) is 85.1 Å². The smallest absolute Gasteiger partial charge is 0.0893 e. The van der Waals surface area contributed by atoms with Crippen LogP contribution in [0.25, 0.3) is 0 Å². The van der Waals surface area contributed by atoms with Gasteiger partial charge in [-0.15, -0.1) is 0 Å². The Morgan fingerprint density at radius 2 is 2.00 bits per heavy atom. The summed E-state index contributed by atoms with van der Waals surface area (Å²) in [6.45, 7) is 8.12. The predicted octanol–water partition coefficient (Wildman–Crippen LogP) is 3.20. The van der Waals surface area contributed by atoms with Crippen LogP contribution in [0.1, 0.15) is 40.0 Å². The number of allylic oxidation sites excluding steroid dienone is 4. The third kappa shape index (κ3) is 3.94. The van der Waals surface area contributed by atoms with Crippen molar-refractivity contribution in [1.82, 2.24) is 21.5 Å². The molecule has 0 aromatic heterocycles. The van der Waals surface area contributed by atoms with Crippen LogP contribution in [-0.2, 0) is 0 Å². The molecule has 0 spiro atoms. The first kappa shape index (κ1) is 19.0. The van der Waals surface area contributed by atoms with Crippen molar-refractivity contribution in [2.24, 2.45) is 23.7 Å². The lowest BCUT2D eigenvalue weighted by molar-refractivity contribution is 0.312. The maximum Gasteiger partial charge on any atom is 0.0893 e. The van der Waals surface area contributed by atoms with E-state index in [1.165, 1.54) is 17.7 Å². The van der Waals surface area contributed by atoms with Crippen LogP contribution in [0.5, 0.6) is 0 Å². The van der Waals surface area contributed by atoms with Crippen molar-refractivity contribution in [3.8, 4) is 0 Å². The fourth-order valence-electron chi connectivity index (χ4n) is 5.32. The van der Waals surface area contributed by atoms with Gasteiger partial charge in [0.25, 0.3) is 0 Å². The zero-order valence-corrected chi connectivity index (χ0v) is 16.9. The highest BCUT2D eigenvalue weighted by Gasteiger charge is 2.48. The number of hydrogen-bond donors (Lipinski definition) is 4. The van der Waals surface area contributed by atoms with Gasteiger partial charge in [-0.3, -0.25) is 5.32 Å². The highest BCUT2D eigenvalue weighted by Crippen LogP contribution is 2.49. The van der Waals surface area contributed by atoms with Gasteiger partial charge in [0.05, 0.1) is 6.17 Å². The van der Waals surface area contributed by atoms with Gasteiger partial charge in [-0.1, -0.05) is 62.8 Å². The molecule has 1 fully saturated rings. The Hall–Kier alpha value is -1.36. The van der Waals surface area contributed by atoms with Crippen molar-refractivity contribution in [2.75, 3.05) is 6.54 Å². The molecule has 4 N–H and O–H groups in total. The van der Waals surface area contributed by atoms with Crippen molar-refractivity contribution in [1.29, 1.82) is 0 Å². The van der Waals surface area contributed by atoms with Crippen LogP contribution in [-0.4, -0.2) is 24.8 Å². The molecule has 27 heavy (non-hydrogen) atoms. The van der Waals surface area contributed by atoms with Gasteiger partial charge in [-0.25, -0.2) is 10.9 Å². The van der Waals surface area contributed by atoms with Gasteiger partial charge in [-0.05, 0) is 37.1 Å². The average Bonchev–Trinajstić information content (AvgIpc) is 3.29. The molecule has 147 valence electrons. The molecule has 4 aliphatic rings. The van der Waals surface area contributed by atoms with E-state index in [0.29, 0.717) is 18.0 Å². The van der Waals surface area contributed by atoms with Crippen LogP contribution < -0.4 is 21.5 Å². The maximum absolute atomic E-state index is 3.95. The molecule has 1 radical (unpaired) electrons. The molecular formula is C23H35N4. The Morgan fingerprint density at radius 3 is 2.70 bits per heavy atom. The van der Waals surface area contributed by atoms with E-state index in [1.54, 1.807) is 0 Å². The van der Waals surface area contributed by atoms with Gasteiger partial charge in [0, 0.05) is 36.5 Å². The second-order valence-electron chi connectivity index (χ2n) is 8.68. The fraction of sp³-hybridized carbons (Fsp3) is 0.609. The number of rotatable bonds is 6. The molecule has 1 saturated carbocycles. The van der Waals surface area contributed by atoms with Crippen molar-refractivity contribution in [2.45, 2.75) is 58.3 Å². The largest absolute Gasteiger partial charge is 0.385 e. The highest BCUT2D eigenvalue weighted by molar-refractivity contribution is 5.38. The lowest BCUT2D eigenvalue weighted by Crippen LogP contribution is -2.55. The number of fused-ring (bicyclic) bond motifs is 1. The fourth-order valence-corrected chi connectivity index (χ4v) is 5.32. The minimum atomic E-state index is 0.233. The Bertz CT molecular complexity index is 647. The molecule has 4 heteroatoms. The number of nitrogens with one attached hydrogen (secondary N) is 4. The third-order valence-electron chi connectivity index (χ3n) is 7.00. The zero-order chi connectivity index (χ0) is 18.8. The van der Waals surface area contributed by atoms with E-state index in [1.807, 2.05) is 0 Å². The molecule has 0 aromatic rings. The monoisotopic (exact) mass is 367 g/mol. The van der Waals surface area contributed by atoms with Crippen LogP contribution in [0.4, 0.5) is 0 Å². The van der Waals surface area contributed by atoms with Gasteiger partial charge in [0.2, 0.25) is 0 Å². The minimum absolute atomic E-state index is 0.233. The molecule has 4 nitrogen and oxygen atoms in total. The number of hydrazine groups is 1. The quantitative estimate of drug-likeness (QED) is 0.545. The molecule has 2 aliphatic carbocycles. The van der Waals surface area contributed by atoms with E-state index in [9.17, 15) is 0 Å². The van der Waals surface area contributed by atoms with Gasteiger partial charge in [0.1, 0.15) is 0 Å². The van der Waals surface area contributed by atoms with Gasteiger partial charge in [0.15, 0.2) is 0 Å². The van der Waals surface area contributed by atoms with Crippen molar-refractivity contribution < 1.29 is 0 Å². The summed E-state index contributed by atoms with van der Waals surface area (Å²) >= 11 is 0. The first-order valence-electron chi connectivity index (χ1n) is 10.8. The summed E-state index contributed by atoms with van der Waals surface area (Å²) in [6, 6.07) is 0.908. The standard InChI is InChI=1S/C23H35N4/c1-4-13-24-21-12-10-19(26-27-21)14-18-9-11-20-15(2)16(3)22(23(20)25-18)17-7-5-6-8-17/h5-10,12,15-16,19-27H,4,11,13-14H2,1-3H3/t15?,16-,19-,20?,21?,22?,23+/m1/s1. The van der Waals surface area contributed by atoms with Gasteiger partial charge < -0.3 is 5.32 Å². The molecule has 0 bridgehead atoms. The highest BCUT2D eigenvalue weighted by atomic mass is 15.4. The molecule has 0 amide bonds. The van der Waals surface area contributed by atoms with Crippen LogP contribution in [0, 0.1) is 30.1 Å². The molecule has 4 unspecified atom stereocenters. The summed E-state index contributed by atoms with van der Waals surface area (Å²) in [5.41, 5.74) is 9.76. The van der Waals surface area contributed by atoms with Crippen LogP contribution in [0.3, 0.4) is 0 Å². The van der Waals surface area contributed by atoms with Crippen LogP contribution in [0.15, 0.2) is 47.7 Å². The Kier molecular flexibility index (Phi) is 5.86. The number of hydrogen-bond acceptors (Lipinski definition) is 4. The summed E-state index contributed by atoms with van der Waals surface area (Å²) in [5, 5.41) is 7.42. The summed E-state index contributed by atoms with van der Waals surface area (Å²) in [5.74, 6) is 2.86. The molecule has 0 aromatic carbocycles. The molecule has 4 rings (SSSR count). The zero-order valence-electron chi connectivity index (χ0n) is 16.9. The predicted molar refractivity (Wildman–Crippen MR) is 112 cm³/mol. The van der Waals surface area contributed by atoms with E-state index in [4.69, 9.17) is 0 Å². The SMILES string of the molecule is CCCNC1C=C[C@H](CC2=CCC3C(C)[C@@H](C)C(C4=CC=C[CH]4)[C@H]3N2)NN1. The summed E-state index contributed by atoms with van der Waals surface area (Å²) in [6.07, 6.45) is 19.6. The summed E-state index contributed by atoms with van der Waals surface area (Å²) < 4.78 is 0. The van der Waals surface area contributed by atoms with Gasteiger partial charge in [-0.2, -0.15) is 0 Å². The van der Waals surface area contributed by atoms with Crippen molar-refractivity contribution in [3.63, 3.8) is 0 Å². The van der Waals surface area contributed by atoms with E-state index in [0.717, 1.165) is 37.1 Å². The topological polar surface area (TPSA) is 48.1 Å². The molecule has 2 aliphatic heterocycles. The van der Waals surface area contributed by atoms with Gasteiger partial charge >= 0.3 is 0 Å². The first-order valence-corrected chi connectivity index (χ1v) is 10.8. The Morgan fingerprint density at radius 1 is 1.11 bits per heavy atom. The van der Waals surface area contributed by atoms with Crippen molar-refractivity contribution >= 4 is 0 Å². The molecule has 0 saturated heterocycles. The second kappa shape index (κ2) is 8.34. The Balaban J connectivity index is 1.38. The lowest BCUT2D eigenvalue weighted by atomic mass is 9.84. The molecule has 7 atom stereocenters. The first-order chi connectivity index (χ1) is 13.2. The Labute approximate surface area is 164 Å². The summed E-state index contributed by atoms with van der Waals surface area (Å²) in [7, 11) is 0. The maximum atomic E-state index is 3.95. The lowest BCUT2D eigenvalue weighted by Gasteiger charge is -2.35. The molecule has 2 heterocycles. The minimum Gasteiger partial charge on any atom is -0.385 e. The van der Waals surface area contributed by atoms with E-state index in [-0.39, 0.29) is 6.17 Å². The molecular weight excluding hydrogens is 332 g/mol. The van der Waals surface area contributed by atoms with Crippen LogP contribution in [0.2, 0.25) is 0 Å². The average molecular weight is 368 g/mol. The summed E-state index contributed by atoms with van der Waals surface area (Å²) in [4.78, 5) is 0. The van der Waals surface area contributed by atoms with Crippen molar-refractivity contribution in [3.05, 3.63) is 54.1 Å².